The summed E-state index contributed by atoms with van der Waals surface area (Å²) >= 11 is -4.41. The van der Waals surface area contributed by atoms with Gasteiger partial charge in [0.2, 0.25) is 0 Å². The minimum absolute atomic E-state index is 1.84. The summed E-state index contributed by atoms with van der Waals surface area (Å²) in [7, 11) is 0. The number of carboxylic acid groups (broad SMARTS) is 3. The van der Waals surface area contributed by atoms with Gasteiger partial charge in [0, 0.05) is 0 Å². The van der Waals surface area contributed by atoms with Crippen LogP contribution >= 0.6 is 0 Å². The predicted molar refractivity (Wildman–Crippen MR) is 33.1 cm³/mol. The fraction of sp³-hybridized carbons (Fsp3) is 0. The summed E-state index contributed by atoms with van der Waals surface area (Å²) in [4.78, 5) is 29.6. The van der Waals surface area contributed by atoms with Crippen molar-refractivity contribution in [2.24, 2.45) is 0 Å². The molecule has 0 atom stereocenters. The Balaban J connectivity index is 4.10. The van der Waals surface area contributed by atoms with Gasteiger partial charge in [-0.3, -0.25) is 0 Å². The first-order valence-electron chi connectivity index (χ1n) is 2.60. The number of rotatable bonds is 3. The molecular formula is C3H3InO9. The Morgan fingerprint density at radius 3 is 1.15 bits per heavy atom. The second-order valence-electron chi connectivity index (χ2n) is 1.44. The Kier molecular flexibility index (Phi) is 4.80. The van der Waals surface area contributed by atoms with Crippen molar-refractivity contribution in [1.29, 1.82) is 0 Å². The van der Waals surface area contributed by atoms with Crippen molar-refractivity contribution >= 4 is 41.2 Å². The van der Waals surface area contributed by atoms with Crippen molar-refractivity contribution < 1.29 is 38.3 Å². The van der Waals surface area contributed by atoms with E-state index in [2.05, 4.69) is 8.56 Å². The van der Waals surface area contributed by atoms with Gasteiger partial charge in [0.05, 0.1) is 0 Å². The number of hydrogen-bond acceptors (Lipinski definition) is 6. The molecule has 0 spiro atoms. The van der Waals surface area contributed by atoms with Crippen molar-refractivity contribution in [3.8, 4) is 0 Å². The van der Waals surface area contributed by atoms with Gasteiger partial charge in [0.1, 0.15) is 0 Å². The van der Waals surface area contributed by atoms with Gasteiger partial charge in [0.15, 0.2) is 0 Å². The molecule has 10 heteroatoms. The first kappa shape index (κ1) is 11.7. The first-order chi connectivity index (χ1) is 5.91. The van der Waals surface area contributed by atoms with E-state index in [-0.39, 0.29) is 0 Å². The maximum atomic E-state index is 9.86. The van der Waals surface area contributed by atoms with E-state index < -0.39 is 41.2 Å². The summed E-state index contributed by atoms with van der Waals surface area (Å²) in [5.41, 5.74) is 0. The van der Waals surface area contributed by atoms with Gasteiger partial charge in [-0.05, 0) is 0 Å². The van der Waals surface area contributed by atoms with Gasteiger partial charge in [-0.25, -0.2) is 0 Å². The normalized spacial score (nSPS) is 8.31. The third kappa shape index (κ3) is 7.05. The second kappa shape index (κ2) is 5.35. The maximum absolute atomic E-state index is 9.86. The van der Waals surface area contributed by atoms with Crippen LogP contribution in [0.5, 0.6) is 0 Å². The van der Waals surface area contributed by atoms with Crippen LogP contribution in [0.25, 0.3) is 0 Å². The zero-order chi connectivity index (χ0) is 10.4. The molecule has 0 fully saturated rings. The molecule has 0 bridgehead atoms. The number of hydrogen-bond donors (Lipinski definition) is 3. The molecular weight excluding hydrogens is 295 g/mol. The molecule has 0 aliphatic heterocycles. The van der Waals surface area contributed by atoms with Crippen molar-refractivity contribution in [1.82, 2.24) is 0 Å². The van der Waals surface area contributed by atoms with E-state index in [9.17, 15) is 14.4 Å². The van der Waals surface area contributed by atoms with Crippen LogP contribution in [0.4, 0.5) is 14.4 Å². The first-order valence-corrected chi connectivity index (χ1v) is 6.64. The Hall–Kier alpha value is -1.32. The fourth-order valence-electron chi connectivity index (χ4n) is 0.319. The summed E-state index contributed by atoms with van der Waals surface area (Å²) in [5.74, 6) is 0. The summed E-state index contributed by atoms with van der Waals surface area (Å²) in [6, 6.07) is 0. The standard InChI is InChI=1S/3CH2O3.In/c3*2-1(3)4;/h3*(H2,2,3,4);/q;;;+3/p-3. The molecule has 3 N–H and O–H groups in total. The molecule has 0 aromatic carbocycles. The molecule has 0 rings (SSSR count). The van der Waals surface area contributed by atoms with Crippen LogP contribution in [0.3, 0.4) is 0 Å². The van der Waals surface area contributed by atoms with Crippen LogP contribution in [0.1, 0.15) is 0 Å². The van der Waals surface area contributed by atoms with Gasteiger partial charge in [-0.15, -0.1) is 0 Å². The predicted octanol–water partition coefficient (Wildman–Crippen LogP) is 0.0551. The van der Waals surface area contributed by atoms with Crippen LogP contribution in [0.15, 0.2) is 0 Å². The summed E-state index contributed by atoms with van der Waals surface area (Å²) in [5, 5.41) is 24.0. The third-order valence-electron chi connectivity index (χ3n) is 0.591. The molecule has 13 heavy (non-hydrogen) atoms. The van der Waals surface area contributed by atoms with Gasteiger partial charge >= 0.3 is 79.5 Å². The van der Waals surface area contributed by atoms with E-state index in [0.29, 0.717) is 0 Å². The van der Waals surface area contributed by atoms with Crippen LogP contribution in [-0.4, -0.2) is 56.5 Å². The van der Waals surface area contributed by atoms with Gasteiger partial charge < -0.3 is 0 Å². The molecule has 9 nitrogen and oxygen atoms in total. The van der Waals surface area contributed by atoms with Crippen LogP contribution in [-0.2, 0) is 8.56 Å². The SMILES string of the molecule is O=C(O)[O][In]([O]C(=O)O)[O]C(=O)O. The molecule has 0 heterocycles. The molecule has 0 aliphatic rings. The molecule has 0 amide bonds. The van der Waals surface area contributed by atoms with Crippen molar-refractivity contribution in [3.63, 3.8) is 0 Å². The van der Waals surface area contributed by atoms with E-state index >= 15 is 0 Å². The zero-order valence-corrected chi connectivity index (χ0v) is 9.16. The van der Waals surface area contributed by atoms with Crippen LogP contribution in [0, 0.1) is 0 Å². The fourth-order valence-corrected chi connectivity index (χ4v) is 2.14. The Morgan fingerprint density at radius 1 is 0.769 bits per heavy atom. The average Bonchev–Trinajstić information content (AvgIpc) is 1.80. The Morgan fingerprint density at radius 2 is 1.00 bits per heavy atom. The number of carbonyl (C=O) groups is 3. The van der Waals surface area contributed by atoms with E-state index in [4.69, 9.17) is 15.3 Å². The summed E-state index contributed by atoms with van der Waals surface area (Å²) in [6.45, 7) is 0. The molecule has 0 aromatic heterocycles. The van der Waals surface area contributed by atoms with E-state index in [1.54, 1.807) is 0 Å². The molecule has 0 aliphatic carbocycles. The minimum atomic E-state index is -4.41. The molecule has 0 aromatic rings. The summed E-state index contributed by atoms with van der Waals surface area (Å²) < 4.78 is 11.4. The monoisotopic (exact) mass is 298 g/mol. The second-order valence-corrected chi connectivity index (χ2v) is 5.11. The molecule has 72 valence electrons. The van der Waals surface area contributed by atoms with Gasteiger partial charge in [-0.2, -0.15) is 0 Å². The van der Waals surface area contributed by atoms with Crippen molar-refractivity contribution in [2.45, 2.75) is 0 Å². The zero-order valence-electron chi connectivity index (χ0n) is 5.87. The Labute approximate surface area is 79.8 Å². The van der Waals surface area contributed by atoms with Crippen molar-refractivity contribution in [3.05, 3.63) is 0 Å². The quantitative estimate of drug-likeness (QED) is 0.659. The molecule has 0 saturated heterocycles. The van der Waals surface area contributed by atoms with Crippen molar-refractivity contribution in [2.75, 3.05) is 0 Å². The van der Waals surface area contributed by atoms with E-state index in [0.717, 1.165) is 0 Å². The Bertz CT molecular complexity index is 185. The molecule has 0 radical (unpaired) electrons. The van der Waals surface area contributed by atoms with Crippen LogP contribution in [0.2, 0.25) is 0 Å². The van der Waals surface area contributed by atoms with E-state index in [1.807, 2.05) is 0 Å². The van der Waals surface area contributed by atoms with Gasteiger partial charge in [-0.1, -0.05) is 0 Å². The van der Waals surface area contributed by atoms with Gasteiger partial charge in [0.25, 0.3) is 0 Å². The van der Waals surface area contributed by atoms with E-state index in [1.165, 1.54) is 0 Å². The molecule has 0 saturated carbocycles. The summed E-state index contributed by atoms with van der Waals surface area (Å²) in [6.07, 6.45) is -5.53. The average molecular weight is 298 g/mol. The third-order valence-corrected chi connectivity index (χ3v) is 3.97. The van der Waals surface area contributed by atoms with Crippen LogP contribution < -0.4 is 0 Å². The topological polar surface area (TPSA) is 140 Å². The molecule has 0 unspecified atom stereocenters.